The summed E-state index contributed by atoms with van der Waals surface area (Å²) in [6.07, 6.45) is 2.71. The van der Waals surface area contributed by atoms with Gasteiger partial charge in [0.15, 0.2) is 0 Å². The van der Waals surface area contributed by atoms with Crippen LogP contribution < -0.4 is 20.9 Å². The Hall–Kier alpha value is -3.37. The number of nitrogens with two attached hydrogens (primary N) is 1. The van der Waals surface area contributed by atoms with E-state index in [0.29, 0.717) is 48.8 Å². The highest BCUT2D eigenvalue weighted by Gasteiger charge is 2.32. The molecular weight excluding hydrogens is 403 g/mol. The zero-order chi connectivity index (χ0) is 22.8. The maximum Gasteiger partial charge on any atom is 0.414 e. The van der Waals surface area contributed by atoms with Crippen LogP contribution in [0.2, 0.25) is 0 Å². The lowest BCUT2D eigenvalue weighted by Crippen LogP contribution is -2.29. The molecule has 1 atom stereocenters. The average Bonchev–Trinajstić information content (AvgIpc) is 3.13. The van der Waals surface area contributed by atoms with Crippen LogP contribution in [0, 0.1) is 11.2 Å². The van der Waals surface area contributed by atoms with Crippen molar-refractivity contribution in [2.24, 2.45) is 5.73 Å². The largest absolute Gasteiger partial charge is 0.443 e. The van der Waals surface area contributed by atoms with Crippen molar-refractivity contribution in [1.29, 1.82) is 5.41 Å². The van der Waals surface area contributed by atoms with Gasteiger partial charge in [-0.1, -0.05) is 0 Å². The van der Waals surface area contributed by atoms with E-state index < -0.39 is 11.9 Å². The fourth-order valence-electron chi connectivity index (χ4n) is 3.07. The third-order valence-electron chi connectivity index (χ3n) is 4.45. The molecule has 1 saturated heterocycles. The van der Waals surface area contributed by atoms with Gasteiger partial charge in [-0.3, -0.25) is 10.3 Å². The first kappa shape index (κ1) is 23.9. The van der Waals surface area contributed by atoms with Gasteiger partial charge in [-0.25, -0.2) is 14.2 Å². The standard InChI is InChI=1S/C19H23FN6O2.C2H4O/c1-23-10-15-11-26(19(27)28-15)14-3-4-16(17(20)8-14)13-2-5-18(24-9-13)25(12-22)7-6-21;1-2-3/h2-5,8-9,12,15,22-23H,6-7,10-11,21H2,1H3;2H,1H3. The summed E-state index contributed by atoms with van der Waals surface area (Å²) < 4.78 is 20.0. The van der Waals surface area contributed by atoms with E-state index in [1.807, 2.05) is 0 Å². The molecule has 4 N–H and O–H groups in total. The number of carbonyl (C=O) groups is 2. The average molecular weight is 430 g/mol. The van der Waals surface area contributed by atoms with Crippen LogP contribution in [0.25, 0.3) is 11.1 Å². The number of aldehydes is 1. The number of halogens is 1. The first-order valence-electron chi connectivity index (χ1n) is 9.74. The summed E-state index contributed by atoms with van der Waals surface area (Å²) in [5.41, 5.74) is 6.95. The van der Waals surface area contributed by atoms with Gasteiger partial charge in [0.25, 0.3) is 0 Å². The summed E-state index contributed by atoms with van der Waals surface area (Å²) in [6.45, 7) is 3.22. The van der Waals surface area contributed by atoms with Crippen LogP contribution >= 0.6 is 0 Å². The number of anilines is 2. The molecule has 10 heteroatoms. The zero-order valence-electron chi connectivity index (χ0n) is 17.5. The molecule has 0 saturated carbocycles. The van der Waals surface area contributed by atoms with Crippen LogP contribution in [0.1, 0.15) is 6.92 Å². The molecule has 1 aliphatic heterocycles. The summed E-state index contributed by atoms with van der Waals surface area (Å²) in [5.74, 6) is 0.111. The maximum absolute atomic E-state index is 14.7. The number of hydrogen-bond acceptors (Lipinski definition) is 7. The van der Waals surface area contributed by atoms with Crippen molar-refractivity contribution < 1.29 is 18.7 Å². The molecular formula is C21H27FN6O3. The number of cyclic esters (lactones) is 1. The molecule has 1 fully saturated rings. The normalized spacial score (nSPS) is 15.0. The molecule has 0 radical (unpaired) electrons. The van der Waals surface area contributed by atoms with Crippen molar-refractivity contribution in [3.8, 4) is 11.1 Å². The lowest BCUT2D eigenvalue weighted by molar-refractivity contribution is -0.106. The van der Waals surface area contributed by atoms with Crippen LogP contribution in [-0.4, -0.2) is 63.0 Å². The predicted molar refractivity (Wildman–Crippen MR) is 118 cm³/mol. The summed E-state index contributed by atoms with van der Waals surface area (Å²) in [4.78, 5) is 28.1. The van der Waals surface area contributed by atoms with Crippen LogP contribution in [-0.2, 0) is 9.53 Å². The first-order chi connectivity index (χ1) is 15.0. The van der Waals surface area contributed by atoms with Crippen molar-refractivity contribution >= 4 is 30.2 Å². The minimum atomic E-state index is -0.481. The molecule has 1 unspecified atom stereocenters. The molecule has 2 aromatic rings. The van der Waals surface area contributed by atoms with E-state index in [0.717, 1.165) is 12.6 Å². The quantitative estimate of drug-likeness (QED) is 0.332. The van der Waals surface area contributed by atoms with Gasteiger partial charge in [-0.05, 0) is 44.3 Å². The van der Waals surface area contributed by atoms with Crippen LogP contribution in [0.15, 0.2) is 36.5 Å². The van der Waals surface area contributed by atoms with Gasteiger partial charge >= 0.3 is 6.09 Å². The number of pyridine rings is 1. The van der Waals surface area contributed by atoms with Gasteiger partial charge in [0.05, 0.1) is 18.6 Å². The molecule has 166 valence electrons. The summed E-state index contributed by atoms with van der Waals surface area (Å²) >= 11 is 0. The van der Waals surface area contributed by atoms with Crippen LogP contribution in [0.3, 0.4) is 0 Å². The van der Waals surface area contributed by atoms with Crippen LogP contribution in [0.5, 0.6) is 0 Å². The van der Waals surface area contributed by atoms with E-state index in [1.165, 1.54) is 17.9 Å². The van der Waals surface area contributed by atoms with Crippen molar-refractivity contribution in [3.63, 3.8) is 0 Å². The Balaban J connectivity index is 0.00000107. The summed E-state index contributed by atoms with van der Waals surface area (Å²) in [6, 6.07) is 8.08. The minimum absolute atomic E-state index is 0.262. The highest BCUT2D eigenvalue weighted by atomic mass is 19.1. The van der Waals surface area contributed by atoms with Crippen LogP contribution in [0.4, 0.5) is 20.7 Å². The van der Waals surface area contributed by atoms with Gasteiger partial charge < -0.3 is 25.5 Å². The van der Waals surface area contributed by atoms with Crippen molar-refractivity contribution in [1.82, 2.24) is 10.3 Å². The molecule has 1 aliphatic rings. The third kappa shape index (κ3) is 6.06. The molecule has 0 spiro atoms. The van der Waals surface area contributed by atoms with E-state index in [1.54, 1.807) is 42.4 Å². The van der Waals surface area contributed by atoms with E-state index in [2.05, 4.69) is 10.3 Å². The molecule has 1 amide bonds. The number of nitrogens with one attached hydrogen (secondary N) is 2. The molecule has 0 aliphatic carbocycles. The summed E-state index contributed by atoms with van der Waals surface area (Å²) in [7, 11) is 1.78. The number of rotatable bonds is 8. The summed E-state index contributed by atoms with van der Waals surface area (Å²) in [5, 5.41) is 10.4. The number of benzene rings is 1. The Labute approximate surface area is 180 Å². The molecule has 9 nitrogen and oxygen atoms in total. The van der Waals surface area contributed by atoms with E-state index in [9.17, 15) is 9.18 Å². The highest BCUT2D eigenvalue weighted by Crippen LogP contribution is 2.29. The number of nitrogens with zero attached hydrogens (tertiary/aromatic N) is 3. The Kier molecular flexibility index (Phi) is 9.04. The minimum Gasteiger partial charge on any atom is -0.443 e. The first-order valence-corrected chi connectivity index (χ1v) is 9.74. The van der Waals surface area contributed by atoms with Gasteiger partial charge in [0, 0.05) is 37.0 Å². The van der Waals surface area contributed by atoms with E-state index >= 15 is 0 Å². The fraction of sp³-hybridized carbons (Fsp3) is 0.333. The number of likely N-dealkylation sites (N-methyl/N-ethyl adjacent to an activating group) is 1. The maximum atomic E-state index is 14.7. The van der Waals surface area contributed by atoms with Crippen molar-refractivity contribution in [3.05, 3.63) is 42.3 Å². The lowest BCUT2D eigenvalue weighted by atomic mass is 10.1. The highest BCUT2D eigenvalue weighted by molar-refractivity contribution is 5.90. The molecule has 0 bridgehead atoms. The Morgan fingerprint density at radius 2 is 2.16 bits per heavy atom. The SMILES string of the molecule is CC=O.CNCC1CN(c2ccc(-c3ccc(N(C=N)CCN)nc3)c(F)c2)C(=O)O1. The molecule has 3 rings (SSSR count). The molecule has 1 aromatic carbocycles. The van der Waals surface area contributed by atoms with Gasteiger partial charge in [-0.2, -0.15) is 0 Å². The second-order valence-electron chi connectivity index (χ2n) is 6.59. The number of amides is 1. The Morgan fingerprint density at radius 3 is 2.71 bits per heavy atom. The monoisotopic (exact) mass is 430 g/mol. The number of hydrogen-bond donors (Lipinski definition) is 3. The Bertz CT molecular complexity index is 893. The number of ether oxygens (including phenoxy) is 1. The third-order valence-corrected chi connectivity index (χ3v) is 4.45. The fourth-order valence-corrected chi connectivity index (χ4v) is 3.07. The zero-order valence-corrected chi connectivity index (χ0v) is 17.5. The smallest absolute Gasteiger partial charge is 0.414 e. The van der Waals surface area contributed by atoms with Crippen molar-refractivity contribution in [2.75, 3.05) is 43.0 Å². The molecule has 1 aromatic heterocycles. The lowest BCUT2D eigenvalue weighted by Gasteiger charge is -2.17. The molecule has 31 heavy (non-hydrogen) atoms. The van der Waals surface area contributed by atoms with Gasteiger partial charge in [0.1, 0.15) is 24.0 Å². The van der Waals surface area contributed by atoms with E-state index in [4.69, 9.17) is 20.7 Å². The molecule has 2 heterocycles. The number of aromatic nitrogens is 1. The van der Waals surface area contributed by atoms with Gasteiger partial charge in [0.2, 0.25) is 0 Å². The number of carbonyl (C=O) groups excluding carboxylic acids is 2. The van der Waals surface area contributed by atoms with E-state index in [-0.39, 0.29) is 6.10 Å². The Morgan fingerprint density at radius 1 is 1.42 bits per heavy atom. The van der Waals surface area contributed by atoms with Gasteiger partial charge in [-0.15, -0.1) is 0 Å². The second kappa shape index (κ2) is 11.7. The van der Waals surface area contributed by atoms with Crippen molar-refractivity contribution in [2.45, 2.75) is 13.0 Å². The topological polar surface area (TPSA) is 125 Å². The second-order valence-corrected chi connectivity index (χ2v) is 6.59. The predicted octanol–water partition coefficient (Wildman–Crippen LogP) is 2.01.